The summed E-state index contributed by atoms with van der Waals surface area (Å²) >= 11 is 3.33. The van der Waals surface area contributed by atoms with Gasteiger partial charge in [-0.05, 0) is 31.0 Å². The monoisotopic (exact) mass is 389 g/mol. The van der Waals surface area contributed by atoms with Crippen LogP contribution in [0.1, 0.15) is 32.1 Å². The third-order valence-electron chi connectivity index (χ3n) is 3.86. The summed E-state index contributed by atoms with van der Waals surface area (Å²) < 4.78 is 30.3. The second-order valence-electron chi connectivity index (χ2n) is 5.42. The van der Waals surface area contributed by atoms with Crippen LogP contribution in [0.15, 0.2) is 22.7 Å². The Morgan fingerprint density at radius 3 is 2.68 bits per heavy atom. The van der Waals surface area contributed by atoms with E-state index in [4.69, 9.17) is 4.74 Å². The van der Waals surface area contributed by atoms with Gasteiger partial charge in [-0.3, -0.25) is 4.79 Å². The van der Waals surface area contributed by atoms with Crippen LogP contribution in [0.5, 0.6) is 5.75 Å². The summed E-state index contributed by atoms with van der Waals surface area (Å²) in [4.78, 5) is 12.0. The molecule has 0 unspecified atom stereocenters. The molecule has 1 saturated carbocycles. The van der Waals surface area contributed by atoms with Crippen LogP contribution < -0.4 is 10.1 Å². The van der Waals surface area contributed by atoms with Gasteiger partial charge in [0.15, 0.2) is 9.84 Å². The van der Waals surface area contributed by atoms with E-state index in [2.05, 4.69) is 21.2 Å². The van der Waals surface area contributed by atoms with E-state index >= 15 is 0 Å². The summed E-state index contributed by atoms with van der Waals surface area (Å²) in [5, 5.41) is 2.44. The van der Waals surface area contributed by atoms with Crippen LogP contribution >= 0.6 is 15.9 Å². The van der Waals surface area contributed by atoms with Crippen molar-refractivity contribution in [1.82, 2.24) is 0 Å². The maximum absolute atomic E-state index is 12.2. The molecular weight excluding hydrogens is 370 g/mol. The van der Waals surface area contributed by atoms with Crippen molar-refractivity contribution in [3.8, 4) is 5.75 Å². The number of hydrogen-bond donors (Lipinski definition) is 1. The number of ether oxygens (including phenoxy) is 1. The number of methoxy groups -OCH3 is 1. The first kappa shape index (κ1) is 17.3. The van der Waals surface area contributed by atoms with Crippen LogP contribution in [-0.4, -0.2) is 32.4 Å². The third kappa shape index (κ3) is 4.46. The number of benzene rings is 1. The largest absolute Gasteiger partial charge is 0.495 e. The Labute approximate surface area is 139 Å². The summed E-state index contributed by atoms with van der Waals surface area (Å²) in [5.74, 6) is 0.118. The van der Waals surface area contributed by atoms with Gasteiger partial charge >= 0.3 is 0 Å². The summed E-state index contributed by atoms with van der Waals surface area (Å²) in [6, 6.07) is 5.26. The Balaban J connectivity index is 1.94. The Morgan fingerprint density at radius 2 is 2.05 bits per heavy atom. The van der Waals surface area contributed by atoms with E-state index in [-0.39, 0.29) is 23.3 Å². The predicted molar refractivity (Wildman–Crippen MR) is 90.0 cm³/mol. The lowest BCUT2D eigenvalue weighted by atomic mass is 10.3. The van der Waals surface area contributed by atoms with Crippen molar-refractivity contribution in [2.75, 3.05) is 18.2 Å². The van der Waals surface area contributed by atoms with Gasteiger partial charge in [-0.25, -0.2) is 8.42 Å². The molecule has 1 aromatic carbocycles. The molecule has 1 aromatic rings. The van der Waals surface area contributed by atoms with E-state index in [1.807, 2.05) is 0 Å². The Bertz CT molecular complexity index is 639. The highest BCUT2D eigenvalue weighted by Gasteiger charge is 2.28. The number of carbonyl (C=O) groups excluding carboxylic acids is 1. The Hall–Kier alpha value is -1.08. The van der Waals surface area contributed by atoms with E-state index in [1.54, 1.807) is 18.2 Å². The minimum atomic E-state index is -3.17. The van der Waals surface area contributed by atoms with E-state index in [0.717, 1.165) is 30.2 Å². The summed E-state index contributed by atoms with van der Waals surface area (Å²) in [6.07, 6.45) is 3.35. The molecule has 1 aliphatic carbocycles. The SMILES string of the molecule is COc1ccc(Br)cc1NC(=O)CCS(=O)(=O)C1CCCC1. The fourth-order valence-electron chi connectivity index (χ4n) is 2.64. The molecule has 1 fully saturated rings. The number of anilines is 1. The molecule has 122 valence electrons. The molecule has 7 heteroatoms. The van der Waals surface area contributed by atoms with Crippen molar-refractivity contribution in [3.05, 3.63) is 22.7 Å². The average Bonchev–Trinajstić information content (AvgIpc) is 3.01. The molecule has 1 amide bonds. The van der Waals surface area contributed by atoms with Crippen molar-refractivity contribution in [1.29, 1.82) is 0 Å². The molecular formula is C15H20BrNO4S. The van der Waals surface area contributed by atoms with Crippen LogP contribution in [0, 0.1) is 0 Å². The van der Waals surface area contributed by atoms with Gasteiger partial charge in [-0.15, -0.1) is 0 Å². The zero-order valence-corrected chi connectivity index (χ0v) is 14.9. The minimum Gasteiger partial charge on any atom is -0.495 e. The molecule has 0 aromatic heterocycles. The normalized spacial score (nSPS) is 15.7. The highest BCUT2D eigenvalue weighted by Crippen LogP contribution is 2.28. The maximum atomic E-state index is 12.2. The molecule has 0 atom stereocenters. The van der Waals surface area contributed by atoms with Crippen molar-refractivity contribution in [2.45, 2.75) is 37.4 Å². The number of sulfone groups is 1. The first-order chi connectivity index (χ1) is 10.4. The first-order valence-corrected chi connectivity index (χ1v) is 9.78. The van der Waals surface area contributed by atoms with Crippen LogP contribution in [0.25, 0.3) is 0 Å². The molecule has 0 radical (unpaired) electrons. The van der Waals surface area contributed by atoms with Gasteiger partial charge in [0, 0.05) is 10.9 Å². The van der Waals surface area contributed by atoms with Gasteiger partial charge in [0.2, 0.25) is 5.91 Å². The molecule has 0 spiro atoms. The fraction of sp³-hybridized carbons (Fsp3) is 0.533. The second kappa shape index (κ2) is 7.46. The summed E-state index contributed by atoms with van der Waals surface area (Å²) in [6.45, 7) is 0. The number of nitrogens with one attached hydrogen (secondary N) is 1. The molecule has 22 heavy (non-hydrogen) atoms. The standard InChI is InChI=1S/C15H20BrNO4S/c1-21-14-7-6-11(16)10-13(14)17-15(18)8-9-22(19,20)12-4-2-3-5-12/h6-7,10,12H,2-5,8-9H2,1H3,(H,17,18). The van der Waals surface area contributed by atoms with Gasteiger partial charge in [0.25, 0.3) is 0 Å². The van der Waals surface area contributed by atoms with Crippen molar-refractivity contribution in [3.63, 3.8) is 0 Å². The van der Waals surface area contributed by atoms with Crippen molar-refractivity contribution >= 4 is 37.4 Å². The highest BCUT2D eigenvalue weighted by molar-refractivity contribution is 9.10. The number of halogens is 1. The van der Waals surface area contributed by atoms with E-state index in [1.165, 1.54) is 7.11 Å². The topological polar surface area (TPSA) is 72.5 Å². The molecule has 0 bridgehead atoms. The zero-order chi connectivity index (χ0) is 16.2. The zero-order valence-electron chi connectivity index (χ0n) is 12.5. The summed E-state index contributed by atoms with van der Waals surface area (Å²) in [7, 11) is -1.66. The lowest BCUT2D eigenvalue weighted by Crippen LogP contribution is -2.24. The third-order valence-corrected chi connectivity index (χ3v) is 6.61. The molecule has 1 N–H and O–H groups in total. The predicted octanol–water partition coefficient (Wildman–Crippen LogP) is 3.14. The molecule has 0 saturated heterocycles. The van der Waals surface area contributed by atoms with Crippen molar-refractivity contribution in [2.24, 2.45) is 0 Å². The second-order valence-corrected chi connectivity index (χ2v) is 8.73. The van der Waals surface area contributed by atoms with Crippen LogP contribution in [-0.2, 0) is 14.6 Å². The number of carbonyl (C=O) groups is 1. The molecule has 0 heterocycles. The number of rotatable bonds is 6. The van der Waals surface area contributed by atoms with E-state index < -0.39 is 9.84 Å². The number of hydrogen-bond acceptors (Lipinski definition) is 4. The molecule has 1 aliphatic rings. The molecule has 0 aliphatic heterocycles. The molecule has 2 rings (SSSR count). The van der Waals surface area contributed by atoms with Gasteiger partial charge in [0.1, 0.15) is 5.75 Å². The smallest absolute Gasteiger partial charge is 0.225 e. The van der Waals surface area contributed by atoms with Crippen molar-refractivity contribution < 1.29 is 17.9 Å². The number of amides is 1. The lowest BCUT2D eigenvalue weighted by molar-refractivity contribution is -0.115. The first-order valence-electron chi connectivity index (χ1n) is 7.27. The van der Waals surface area contributed by atoms with E-state index in [0.29, 0.717) is 11.4 Å². The van der Waals surface area contributed by atoms with Gasteiger partial charge in [-0.1, -0.05) is 28.8 Å². The Morgan fingerprint density at radius 1 is 1.36 bits per heavy atom. The quantitative estimate of drug-likeness (QED) is 0.810. The van der Waals surface area contributed by atoms with E-state index in [9.17, 15) is 13.2 Å². The average molecular weight is 390 g/mol. The van der Waals surface area contributed by atoms with Gasteiger partial charge in [-0.2, -0.15) is 0 Å². The Kier molecular flexibility index (Phi) is 5.86. The van der Waals surface area contributed by atoms with Gasteiger partial charge in [0.05, 0.1) is 23.8 Å². The molecule has 5 nitrogen and oxygen atoms in total. The fourth-order valence-corrected chi connectivity index (χ4v) is 4.86. The maximum Gasteiger partial charge on any atom is 0.225 e. The van der Waals surface area contributed by atoms with Crippen LogP contribution in [0.3, 0.4) is 0 Å². The highest BCUT2D eigenvalue weighted by atomic mass is 79.9. The minimum absolute atomic E-state index is 0.0332. The van der Waals surface area contributed by atoms with Crippen LogP contribution in [0.2, 0.25) is 0 Å². The van der Waals surface area contributed by atoms with Crippen LogP contribution in [0.4, 0.5) is 5.69 Å². The lowest BCUT2D eigenvalue weighted by Gasteiger charge is -2.12. The summed E-state index contributed by atoms with van der Waals surface area (Å²) in [5.41, 5.74) is 0.528. The van der Waals surface area contributed by atoms with Gasteiger partial charge < -0.3 is 10.1 Å².